The number of hydrogen-bond donors (Lipinski definition) is 0. The molecule has 3 nitrogen and oxygen atoms in total. The summed E-state index contributed by atoms with van der Waals surface area (Å²) >= 11 is 3.32. The lowest BCUT2D eigenvalue weighted by Gasteiger charge is -2.34. The lowest BCUT2D eigenvalue weighted by atomic mass is 9.87. The number of likely N-dealkylation sites (tertiary alicyclic amines) is 2. The van der Waals surface area contributed by atoms with E-state index in [0.29, 0.717) is 17.8 Å². The molecular formula is C25H27FN2OS2. The predicted octanol–water partition coefficient (Wildman–Crippen LogP) is 5.68. The first kappa shape index (κ1) is 20.9. The molecule has 3 aromatic rings. The smallest absolute Gasteiger partial charge is 0.254 e. The van der Waals surface area contributed by atoms with E-state index in [-0.39, 0.29) is 11.7 Å². The summed E-state index contributed by atoms with van der Waals surface area (Å²) in [6.45, 7) is 4.79. The van der Waals surface area contributed by atoms with E-state index in [9.17, 15) is 9.18 Å². The molecule has 5 rings (SSSR count). The van der Waals surface area contributed by atoms with Crippen LogP contribution in [0.1, 0.15) is 46.2 Å². The van der Waals surface area contributed by atoms with E-state index in [2.05, 4.69) is 26.6 Å². The summed E-state index contributed by atoms with van der Waals surface area (Å²) in [5.41, 5.74) is 3.44. The van der Waals surface area contributed by atoms with Crippen LogP contribution in [0.3, 0.4) is 0 Å². The maximum Gasteiger partial charge on any atom is 0.254 e. The van der Waals surface area contributed by atoms with Crippen molar-refractivity contribution in [3.63, 3.8) is 0 Å². The third-order valence-electron chi connectivity index (χ3n) is 6.89. The Balaban J connectivity index is 1.24. The van der Waals surface area contributed by atoms with Gasteiger partial charge in [0, 0.05) is 30.9 Å². The van der Waals surface area contributed by atoms with Crippen molar-refractivity contribution in [3.8, 4) is 0 Å². The van der Waals surface area contributed by atoms with Gasteiger partial charge in [-0.3, -0.25) is 4.79 Å². The SMILES string of the molecule is O=C(c1ccsc1)N1CC(CN2CCC(c3ccc(F)cc3)CC2)C(c2ccsc2)C1. The van der Waals surface area contributed by atoms with Crippen LogP contribution in [0.25, 0.3) is 0 Å². The van der Waals surface area contributed by atoms with Gasteiger partial charge in [0.15, 0.2) is 0 Å². The molecule has 2 aromatic heterocycles. The van der Waals surface area contributed by atoms with Gasteiger partial charge in [0.2, 0.25) is 0 Å². The number of benzene rings is 1. The average molecular weight is 455 g/mol. The van der Waals surface area contributed by atoms with Gasteiger partial charge < -0.3 is 9.80 Å². The quantitative estimate of drug-likeness (QED) is 0.495. The van der Waals surface area contributed by atoms with Crippen LogP contribution in [0.2, 0.25) is 0 Å². The van der Waals surface area contributed by atoms with Crippen LogP contribution >= 0.6 is 22.7 Å². The molecular weight excluding hydrogens is 427 g/mol. The third kappa shape index (κ3) is 4.61. The van der Waals surface area contributed by atoms with E-state index in [1.165, 1.54) is 11.1 Å². The van der Waals surface area contributed by atoms with E-state index >= 15 is 0 Å². The zero-order valence-corrected chi connectivity index (χ0v) is 19.1. The van der Waals surface area contributed by atoms with Crippen molar-refractivity contribution < 1.29 is 9.18 Å². The molecule has 1 aromatic carbocycles. The highest BCUT2D eigenvalue weighted by atomic mass is 32.1. The number of hydrogen-bond acceptors (Lipinski definition) is 4. The summed E-state index contributed by atoms with van der Waals surface area (Å²) in [4.78, 5) is 17.6. The van der Waals surface area contributed by atoms with Gasteiger partial charge >= 0.3 is 0 Å². The largest absolute Gasteiger partial charge is 0.338 e. The molecule has 6 heteroatoms. The van der Waals surface area contributed by atoms with E-state index in [1.807, 2.05) is 29.0 Å². The summed E-state index contributed by atoms with van der Waals surface area (Å²) in [6.07, 6.45) is 2.22. The molecule has 0 N–H and O–H groups in total. The highest BCUT2D eigenvalue weighted by Gasteiger charge is 2.38. The molecule has 0 aliphatic carbocycles. The van der Waals surface area contributed by atoms with Gasteiger partial charge in [0.1, 0.15) is 5.82 Å². The topological polar surface area (TPSA) is 23.6 Å². The van der Waals surface area contributed by atoms with Crippen molar-refractivity contribution in [3.05, 3.63) is 80.4 Å². The van der Waals surface area contributed by atoms with Crippen molar-refractivity contribution in [1.29, 1.82) is 0 Å². The second-order valence-corrected chi connectivity index (χ2v) is 10.3. The fraction of sp³-hybridized carbons (Fsp3) is 0.400. The predicted molar refractivity (Wildman–Crippen MR) is 126 cm³/mol. The summed E-state index contributed by atoms with van der Waals surface area (Å²) in [5.74, 6) is 1.38. The zero-order chi connectivity index (χ0) is 21.2. The molecule has 2 atom stereocenters. The first-order chi connectivity index (χ1) is 15.2. The Hall–Kier alpha value is -2.02. The van der Waals surface area contributed by atoms with Crippen LogP contribution in [0.5, 0.6) is 0 Å². The first-order valence-corrected chi connectivity index (χ1v) is 12.9. The molecule has 4 heterocycles. The fourth-order valence-corrected chi connectivity index (χ4v) is 6.52. The first-order valence-electron chi connectivity index (χ1n) is 11.0. The highest BCUT2D eigenvalue weighted by Crippen LogP contribution is 2.36. The van der Waals surface area contributed by atoms with Crippen molar-refractivity contribution in [2.75, 3.05) is 32.7 Å². The fourth-order valence-electron chi connectivity index (χ4n) is 5.17. The van der Waals surface area contributed by atoms with Gasteiger partial charge in [-0.1, -0.05) is 12.1 Å². The molecule has 0 radical (unpaired) electrons. The average Bonchev–Trinajstić information content (AvgIpc) is 3.56. The molecule has 1 amide bonds. The van der Waals surface area contributed by atoms with E-state index in [0.717, 1.165) is 51.1 Å². The van der Waals surface area contributed by atoms with Crippen LogP contribution in [-0.2, 0) is 0 Å². The Morgan fingerprint density at radius 1 is 0.935 bits per heavy atom. The van der Waals surface area contributed by atoms with Gasteiger partial charge in [-0.15, -0.1) is 0 Å². The Morgan fingerprint density at radius 2 is 1.68 bits per heavy atom. The van der Waals surface area contributed by atoms with Crippen molar-refractivity contribution >= 4 is 28.6 Å². The van der Waals surface area contributed by atoms with Crippen LogP contribution in [-0.4, -0.2) is 48.4 Å². The number of carbonyl (C=O) groups is 1. The van der Waals surface area contributed by atoms with Crippen LogP contribution in [0, 0.1) is 11.7 Å². The molecule has 0 bridgehead atoms. The number of piperidine rings is 1. The number of thiophene rings is 2. The molecule has 2 aliphatic rings. The summed E-state index contributed by atoms with van der Waals surface area (Å²) < 4.78 is 13.2. The molecule has 2 fully saturated rings. The Morgan fingerprint density at radius 3 is 2.35 bits per heavy atom. The normalized spacial score (nSPS) is 22.8. The zero-order valence-electron chi connectivity index (χ0n) is 17.5. The van der Waals surface area contributed by atoms with Gasteiger partial charge in [-0.05, 0) is 89.3 Å². The van der Waals surface area contributed by atoms with Crippen LogP contribution in [0.4, 0.5) is 4.39 Å². The van der Waals surface area contributed by atoms with E-state index in [4.69, 9.17) is 0 Å². The number of halogens is 1. The monoisotopic (exact) mass is 454 g/mol. The summed E-state index contributed by atoms with van der Waals surface area (Å²) in [6, 6.07) is 11.2. The Kier molecular flexibility index (Phi) is 6.21. The number of amides is 1. The van der Waals surface area contributed by atoms with Crippen LogP contribution in [0.15, 0.2) is 57.9 Å². The van der Waals surface area contributed by atoms with Crippen molar-refractivity contribution in [1.82, 2.24) is 9.80 Å². The van der Waals surface area contributed by atoms with Gasteiger partial charge in [0.05, 0.1) is 5.56 Å². The van der Waals surface area contributed by atoms with Gasteiger partial charge in [0.25, 0.3) is 5.91 Å². The second-order valence-electron chi connectivity index (χ2n) is 8.77. The minimum atomic E-state index is -0.163. The molecule has 2 saturated heterocycles. The van der Waals surface area contributed by atoms with Crippen LogP contribution < -0.4 is 0 Å². The number of rotatable bonds is 5. The molecule has 0 saturated carbocycles. The molecule has 0 spiro atoms. The maximum atomic E-state index is 13.2. The molecule has 2 aliphatic heterocycles. The second kappa shape index (κ2) is 9.23. The maximum absolute atomic E-state index is 13.2. The highest BCUT2D eigenvalue weighted by molar-refractivity contribution is 7.08. The van der Waals surface area contributed by atoms with Gasteiger partial charge in [-0.2, -0.15) is 22.7 Å². The van der Waals surface area contributed by atoms with Crippen molar-refractivity contribution in [2.45, 2.75) is 24.7 Å². The standard InChI is InChI=1S/C25H27FN2OS2/c26-23-3-1-18(2-4-23)19-5-9-27(10-6-19)13-22-14-28(25(29)21-8-12-31-17-21)15-24(22)20-7-11-30-16-20/h1-4,7-8,11-12,16-17,19,22,24H,5-6,9-10,13-15H2. The molecule has 2 unspecified atom stereocenters. The lowest BCUT2D eigenvalue weighted by molar-refractivity contribution is 0.0782. The lowest BCUT2D eigenvalue weighted by Crippen LogP contribution is -2.38. The minimum absolute atomic E-state index is 0.163. The number of nitrogens with zero attached hydrogens (tertiary/aromatic N) is 2. The third-order valence-corrected chi connectivity index (χ3v) is 8.27. The molecule has 162 valence electrons. The van der Waals surface area contributed by atoms with E-state index in [1.54, 1.807) is 34.8 Å². The summed E-state index contributed by atoms with van der Waals surface area (Å²) in [7, 11) is 0. The minimum Gasteiger partial charge on any atom is -0.338 e. The molecule has 31 heavy (non-hydrogen) atoms. The van der Waals surface area contributed by atoms with Crippen molar-refractivity contribution in [2.24, 2.45) is 5.92 Å². The summed E-state index contributed by atoms with van der Waals surface area (Å²) in [5, 5.41) is 8.32. The number of carbonyl (C=O) groups excluding carboxylic acids is 1. The Labute approximate surface area is 191 Å². The van der Waals surface area contributed by atoms with E-state index < -0.39 is 0 Å². The Bertz CT molecular complexity index is 979. The van der Waals surface area contributed by atoms with Gasteiger partial charge in [-0.25, -0.2) is 4.39 Å².